The van der Waals surface area contributed by atoms with Crippen LogP contribution in [0.15, 0.2) is 54.6 Å². The molecule has 0 radical (unpaired) electrons. The number of carbonyl (C=O) groups is 1. The van der Waals surface area contributed by atoms with Crippen LogP contribution in [0, 0.1) is 0 Å². The number of carboxylic acid groups (broad SMARTS) is 1. The third-order valence-electron chi connectivity index (χ3n) is 5.15. The average molecular weight is 392 g/mol. The number of nitrogens with zero attached hydrogens (tertiary/aromatic N) is 2. The quantitative estimate of drug-likeness (QED) is 0.839. The fourth-order valence-corrected chi connectivity index (χ4v) is 3.80. The molecule has 4 nitrogen and oxygen atoms in total. The fraction of sp³-hybridized carbons (Fsp3) is 0.381. The molecule has 0 amide bonds. The van der Waals surface area contributed by atoms with E-state index in [-0.39, 0.29) is 18.6 Å². The number of rotatable bonds is 5. The van der Waals surface area contributed by atoms with Crippen molar-refractivity contribution < 1.29 is 23.1 Å². The predicted octanol–water partition coefficient (Wildman–Crippen LogP) is 3.89. The summed E-state index contributed by atoms with van der Waals surface area (Å²) in [5.74, 6) is -0.877. The second-order valence-corrected chi connectivity index (χ2v) is 7.14. The monoisotopic (exact) mass is 392 g/mol. The molecule has 0 bridgehead atoms. The first-order valence-corrected chi connectivity index (χ1v) is 9.17. The van der Waals surface area contributed by atoms with Crippen molar-refractivity contribution in [3.8, 4) is 0 Å². The Morgan fingerprint density at radius 3 is 2.39 bits per heavy atom. The SMILES string of the molecule is C[C@@H]1CN([C@H](c2ccccc2)c2cccc(C(F)(F)F)c2)CCN1CC(=O)O. The van der Waals surface area contributed by atoms with Crippen molar-refractivity contribution >= 4 is 5.97 Å². The van der Waals surface area contributed by atoms with Crippen molar-refractivity contribution in [1.82, 2.24) is 9.80 Å². The van der Waals surface area contributed by atoms with E-state index in [0.29, 0.717) is 25.2 Å². The zero-order valence-electron chi connectivity index (χ0n) is 15.6. The topological polar surface area (TPSA) is 43.8 Å². The Morgan fingerprint density at radius 1 is 1.11 bits per heavy atom. The van der Waals surface area contributed by atoms with Crippen molar-refractivity contribution in [3.05, 3.63) is 71.3 Å². The molecule has 3 rings (SSSR count). The van der Waals surface area contributed by atoms with Crippen LogP contribution in [0.5, 0.6) is 0 Å². The molecule has 28 heavy (non-hydrogen) atoms. The maximum atomic E-state index is 13.2. The molecule has 0 spiro atoms. The maximum Gasteiger partial charge on any atom is 0.416 e. The van der Waals surface area contributed by atoms with Gasteiger partial charge in [-0.25, -0.2) is 0 Å². The number of carboxylic acids is 1. The lowest BCUT2D eigenvalue weighted by atomic mass is 9.94. The lowest BCUT2D eigenvalue weighted by Gasteiger charge is -2.43. The first kappa shape index (κ1) is 20.4. The zero-order valence-corrected chi connectivity index (χ0v) is 15.6. The van der Waals surface area contributed by atoms with Crippen molar-refractivity contribution in [2.75, 3.05) is 26.2 Å². The van der Waals surface area contributed by atoms with E-state index in [1.807, 2.05) is 42.2 Å². The summed E-state index contributed by atoms with van der Waals surface area (Å²) in [6.07, 6.45) is -4.40. The largest absolute Gasteiger partial charge is 0.480 e. The van der Waals surface area contributed by atoms with E-state index in [4.69, 9.17) is 5.11 Å². The number of aliphatic carboxylic acids is 1. The number of hydrogen-bond donors (Lipinski definition) is 1. The van der Waals surface area contributed by atoms with Crippen LogP contribution in [0.2, 0.25) is 0 Å². The third kappa shape index (κ3) is 4.72. The Kier molecular flexibility index (Phi) is 6.05. The van der Waals surface area contributed by atoms with Crippen LogP contribution in [0.4, 0.5) is 13.2 Å². The molecule has 1 N–H and O–H groups in total. The van der Waals surface area contributed by atoms with E-state index in [1.54, 1.807) is 6.07 Å². The first-order chi connectivity index (χ1) is 13.3. The van der Waals surface area contributed by atoms with Gasteiger partial charge in [-0.3, -0.25) is 14.6 Å². The van der Waals surface area contributed by atoms with E-state index in [1.165, 1.54) is 12.1 Å². The summed E-state index contributed by atoms with van der Waals surface area (Å²) in [7, 11) is 0. The van der Waals surface area contributed by atoms with Gasteiger partial charge >= 0.3 is 12.1 Å². The van der Waals surface area contributed by atoms with Crippen LogP contribution in [0.3, 0.4) is 0 Å². The Morgan fingerprint density at radius 2 is 1.79 bits per heavy atom. The summed E-state index contributed by atoms with van der Waals surface area (Å²) in [5, 5.41) is 9.06. The number of piperazine rings is 1. The second kappa shape index (κ2) is 8.32. The zero-order chi connectivity index (χ0) is 20.3. The molecule has 1 aliphatic heterocycles. The van der Waals surface area contributed by atoms with Crippen molar-refractivity contribution in [1.29, 1.82) is 0 Å². The van der Waals surface area contributed by atoms with Crippen LogP contribution in [-0.4, -0.2) is 53.1 Å². The summed E-state index contributed by atoms with van der Waals surface area (Å²) < 4.78 is 39.7. The van der Waals surface area contributed by atoms with Gasteiger partial charge in [0.25, 0.3) is 0 Å². The molecule has 0 aromatic heterocycles. The van der Waals surface area contributed by atoms with Gasteiger partial charge in [0.2, 0.25) is 0 Å². The summed E-state index contributed by atoms with van der Waals surface area (Å²) in [5.41, 5.74) is 0.837. The highest BCUT2D eigenvalue weighted by Crippen LogP contribution is 2.35. The summed E-state index contributed by atoms with van der Waals surface area (Å²) in [6, 6.07) is 14.6. The maximum absolute atomic E-state index is 13.2. The van der Waals surface area contributed by atoms with E-state index in [0.717, 1.165) is 11.6 Å². The smallest absolute Gasteiger partial charge is 0.416 e. The average Bonchev–Trinajstić information content (AvgIpc) is 2.64. The van der Waals surface area contributed by atoms with Crippen LogP contribution < -0.4 is 0 Å². The van der Waals surface area contributed by atoms with Crippen LogP contribution in [0.25, 0.3) is 0 Å². The van der Waals surface area contributed by atoms with Crippen molar-refractivity contribution in [3.63, 3.8) is 0 Å². The predicted molar refractivity (Wildman–Crippen MR) is 100.0 cm³/mol. The standard InChI is InChI=1S/C21H23F3N2O2/c1-15-13-26(11-10-25(15)14-19(27)28)20(16-6-3-2-4-7-16)17-8-5-9-18(12-17)21(22,23)24/h2-9,12,15,20H,10-11,13-14H2,1H3,(H,27,28)/t15-,20-/m1/s1. The second-order valence-electron chi connectivity index (χ2n) is 7.14. The molecule has 1 heterocycles. The molecule has 0 unspecified atom stereocenters. The number of alkyl halides is 3. The van der Waals surface area contributed by atoms with E-state index >= 15 is 0 Å². The van der Waals surface area contributed by atoms with E-state index in [2.05, 4.69) is 4.90 Å². The molecule has 0 aliphatic carbocycles. The Hall–Kier alpha value is -2.38. The number of hydrogen-bond acceptors (Lipinski definition) is 3. The van der Waals surface area contributed by atoms with Crippen LogP contribution in [0.1, 0.15) is 29.7 Å². The molecule has 2 aromatic carbocycles. The summed E-state index contributed by atoms with van der Waals surface area (Å²) in [4.78, 5) is 15.1. The Bertz CT molecular complexity index is 811. The van der Waals surface area contributed by atoms with Gasteiger partial charge < -0.3 is 5.11 Å². The molecule has 150 valence electrons. The van der Waals surface area contributed by atoms with E-state index < -0.39 is 17.7 Å². The normalized spacial score (nSPS) is 20.1. The molecule has 2 aromatic rings. The molecule has 0 saturated carbocycles. The highest BCUT2D eigenvalue weighted by Gasteiger charge is 2.34. The van der Waals surface area contributed by atoms with Crippen LogP contribution >= 0.6 is 0 Å². The molecular weight excluding hydrogens is 369 g/mol. The number of halogens is 3. The lowest BCUT2D eigenvalue weighted by Crippen LogP contribution is -2.54. The van der Waals surface area contributed by atoms with Crippen molar-refractivity contribution in [2.45, 2.75) is 25.2 Å². The molecule has 2 atom stereocenters. The van der Waals surface area contributed by atoms with Crippen molar-refractivity contribution in [2.24, 2.45) is 0 Å². The minimum atomic E-state index is -4.40. The third-order valence-corrected chi connectivity index (χ3v) is 5.15. The van der Waals surface area contributed by atoms with Gasteiger partial charge in [0.15, 0.2) is 0 Å². The van der Waals surface area contributed by atoms with E-state index in [9.17, 15) is 18.0 Å². The lowest BCUT2D eigenvalue weighted by molar-refractivity contribution is -0.139. The van der Waals surface area contributed by atoms with Crippen LogP contribution in [-0.2, 0) is 11.0 Å². The van der Waals surface area contributed by atoms with Gasteiger partial charge in [0.1, 0.15) is 0 Å². The van der Waals surface area contributed by atoms with Gasteiger partial charge in [0.05, 0.1) is 18.2 Å². The molecule has 1 aliphatic rings. The van der Waals surface area contributed by atoms with Gasteiger partial charge in [-0.1, -0.05) is 42.5 Å². The minimum absolute atomic E-state index is 0.0122. The summed E-state index contributed by atoms with van der Waals surface area (Å²) in [6.45, 7) is 3.62. The summed E-state index contributed by atoms with van der Waals surface area (Å²) >= 11 is 0. The molecule has 1 saturated heterocycles. The Labute approximate surface area is 162 Å². The molecule has 7 heteroatoms. The molecular formula is C21H23F3N2O2. The Balaban J connectivity index is 1.93. The highest BCUT2D eigenvalue weighted by atomic mass is 19.4. The number of benzene rings is 2. The molecule has 1 fully saturated rings. The fourth-order valence-electron chi connectivity index (χ4n) is 3.80. The van der Waals surface area contributed by atoms with Gasteiger partial charge in [0, 0.05) is 25.7 Å². The minimum Gasteiger partial charge on any atom is -0.480 e. The first-order valence-electron chi connectivity index (χ1n) is 9.17. The highest BCUT2D eigenvalue weighted by molar-refractivity contribution is 5.69. The van der Waals surface area contributed by atoms with Gasteiger partial charge in [-0.15, -0.1) is 0 Å². The van der Waals surface area contributed by atoms with Gasteiger partial charge in [-0.05, 0) is 30.2 Å². The van der Waals surface area contributed by atoms with Gasteiger partial charge in [-0.2, -0.15) is 13.2 Å².